The van der Waals surface area contributed by atoms with Crippen LogP contribution in [-0.2, 0) is 26.9 Å². The van der Waals surface area contributed by atoms with Crippen LogP contribution in [0.25, 0.3) is 11.0 Å². The molecule has 3 aromatic heterocycles. The lowest BCUT2D eigenvalue weighted by molar-refractivity contribution is -0.141. The van der Waals surface area contributed by atoms with Crippen LogP contribution in [0.3, 0.4) is 0 Å². The van der Waals surface area contributed by atoms with E-state index >= 15 is 0 Å². The number of H-pyrrole nitrogens is 1. The summed E-state index contributed by atoms with van der Waals surface area (Å²) in [6.45, 7) is 11.2. The van der Waals surface area contributed by atoms with Crippen LogP contribution in [0.5, 0.6) is 0 Å². The third kappa shape index (κ3) is 10.6. The number of piperidine rings is 1. The lowest BCUT2D eigenvalue weighted by Crippen LogP contribution is -2.39. The van der Waals surface area contributed by atoms with Gasteiger partial charge in [-0.3, -0.25) is 4.57 Å². The second-order valence-corrected chi connectivity index (χ2v) is 12.2. The number of ether oxygens (including phenoxy) is 3. The van der Waals surface area contributed by atoms with E-state index in [2.05, 4.69) is 30.5 Å². The summed E-state index contributed by atoms with van der Waals surface area (Å²) in [6.07, 6.45) is -1.38. The van der Waals surface area contributed by atoms with Crippen molar-refractivity contribution in [3.63, 3.8) is 0 Å². The molecule has 1 aliphatic rings. The van der Waals surface area contributed by atoms with Gasteiger partial charge >= 0.3 is 18.0 Å². The standard InChI is InChI=1S/C30H43F3N8O5/c1-29(2,3)46-28(43)36-9-12-44-13-14-45-19-21-5-4-10-40(17-21)11-8-35-24-7-6-20(16-37-24)18-41-22-15-23(30(31,32)33)38-26(34)25(22)39-27(41)42/h6-7,15-16,21H,4-5,8-14,17-19H2,1-3H3,(H2,34,38)(H,35,37)(H,36,43)(H,39,42). The fourth-order valence-corrected chi connectivity index (χ4v) is 5.12. The Morgan fingerprint density at radius 1 is 1.15 bits per heavy atom. The smallest absolute Gasteiger partial charge is 0.433 e. The van der Waals surface area contributed by atoms with E-state index in [9.17, 15) is 22.8 Å². The van der Waals surface area contributed by atoms with E-state index in [0.717, 1.165) is 38.5 Å². The number of nitrogens with one attached hydrogen (secondary N) is 3. The van der Waals surface area contributed by atoms with E-state index in [1.165, 1.54) is 4.57 Å². The predicted molar refractivity (Wildman–Crippen MR) is 167 cm³/mol. The van der Waals surface area contributed by atoms with Crippen LogP contribution in [0.2, 0.25) is 0 Å². The molecule has 254 valence electrons. The molecule has 1 fully saturated rings. The third-order valence-corrected chi connectivity index (χ3v) is 7.23. The molecule has 1 saturated heterocycles. The minimum absolute atomic E-state index is 0.0154. The molecule has 0 aliphatic carbocycles. The number of alkyl halides is 3. The summed E-state index contributed by atoms with van der Waals surface area (Å²) >= 11 is 0. The molecule has 3 aromatic rings. The maximum absolute atomic E-state index is 13.2. The quantitative estimate of drug-likeness (QED) is 0.190. The van der Waals surface area contributed by atoms with Crippen molar-refractivity contribution in [2.45, 2.75) is 51.9 Å². The van der Waals surface area contributed by atoms with Crippen LogP contribution < -0.4 is 22.1 Å². The molecule has 4 rings (SSSR count). The van der Waals surface area contributed by atoms with Crippen LogP contribution in [0.4, 0.5) is 29.6 Å². The van der Waals surface area contributed by atoms with Gasteiger partial charge in [-0.1, -0.05) is 6.07 Å². The number of imidazole rings is 1. The lowest BCUT2D eigenvalue weighted by atomic mass is 9.99. The van der Waals surface area contributed by atoms with E-state index in [1.807, 2.05) is 20.8 Å². The van der Waals surface area contributed by atoms with Gasteiger partial charge in [0, 0.05) is 32.4 Å². The van der Waals surface area contributed by atoms with Gasteiger partial charge in [0.1, 0.15) is 28.4 Å². The molecule has 0 saturated carbocycles. The van der Waals surface area contributed by atoms with Crippen molar-refractivity contribution in [2.24, 2.45) is 5.92 Å². The lowest BCUT2D eigenvalue weighted by Gasteiger charge is -2.32. The topological polar surface area (TPSA) is 162 Å². The van der Waals surface area contributed by atoms with Gasteiger partial charge in [-0.15, -0.1) is 0 Å². The average molecular weight is 653 g/mol. The summed E-state index contributed by atoms with van der Waals surface area (Å²) in [5, 5.41) is 5.95. The maximum atomic E-state index is 13.2. The Morgan fingerprint density at radius 2 is 1.93 bits per heavy atom. The Bertz CT molecular complexity index is 1490. The Hall–Kier alpha value is -3.89. The summed E-state index contributed by atoms with van der Waals surface area (Å²) in [4.78, 5) is 36.8. The number of hydrogen-bond acceptors (Lipinski definition) is 10. The number of nitrogens with zero attached hydrogens (tertiary/aromatic N) is 4. The van der Waals surface area contributed by atoms with Gasteiger partial charge in [0.25, 0.3) is 0 Å². The molecule has 1 unspecified atom stereocenters. The summed E-state index contributed by atoms with van der Waals surface area (Å²) in [5.74, 6) is 0.700. The van der Waals surface area contributed by atoms with Crippen LogP contribution in [0.1, 0.15) is 44.9 Å². The van der Waals surface area contributed by atoms with E-state index in [4.69, 9.17) is 19.9 Å². The molecule has 1 aliphatic heterocycles. The molecule has 13 nitrogen and oxygen atoms in total. The van der Waals surface area contributed by atoms with E-state index in [-0.39, 0.29) is 17.6 Å². The summed E-state index contributed by atoms with van der Waals surface area (Å²) in [7, 11) is 0. The number of alkyl carbamates (subject to hydrolysis) is 1. The number of nitrogen functional groups attached to an aromatic ring is 1. The Balaban J connectivity index is 1.14. The number of carbonyl (C=O) groups excluding carboxylic acids is 1. The van der Waals surface area contributed by atoms with Crippen molar-refractivity contribution < 1.29 is 32.2 Å². The first-order valence-corrected chi connectivity index (χ1v) is 15.3. The molecular formula is C30H43F3N8O5. The maximum Gasteiger partial charge on any atom is 0.433 e. The number of halogens is 3. The van der Waals surface area contributed by atoms with E-state index in [1.54, 1.807) is 18.3 Å². The van der Waals surface area contributed by atoms with Crippen molar-refractivity contribution in [2.75, 3.05) is 70.2 Å². The fraction of sp³-hybridized carbons (Fsp3) is 0.600. The molecule has 46 heavy (non-hydrogen) atoms. The zero-order chi connectivity index (χ0) is 33.3. The van der Waals surface area contributed by atoms with Crippen LogP contribution in [0.15, 0.2) is 29.2 Å². The Morgan fingerprint density at radius 3 is 2.65 bits per heavy atom. The summed E-state index contributed by atoms with van der Waals surface area (Å²) in [6, 6.07) is 4.36. The van der Waals surface area contributed by atoms with Crippen molar-refractivity contribution in [3.05, 3.63) is 46.1 Å². The first-order valence-electron chi connectivity index (χ1n) is 15.3. The van der Waals surface area contributed by atoms with Gasteiger partial charge in [0.2, 0.25) is 0 Å². The molecule has 0 spiro atoms. The highest BCUT2D eigenvalue weighted by molar-refractivity contribution is 5.85. The molecule has 1 amide bonds. The zero-order valence-electron chi connectivity index (χ0n) is 26.4. The van der Waals surface area contributed by atoms with Crippen molar-refractivity contribution in [1.29, 1.82) is 0 Å². The first-order chi connectivity index (χ1) is 21.8. The number of likely N-dealkylation sites (tertiary alicyclic amines) is 1. The van der Waals surface area contributed by atoms with Gasteiger partial charge in [-0.2, -0.15) is 13.2 Å². The fourth-order valence-electron chi connectivity index (χ4n) is 5.12. The first kappa shape index (κ1) is 35.0. The van der Waals surface area contributed by atoms with Gasteiger partial charge < -0.3 is 40.5 Å². The monoisotopic (exact) mass is 652 g/mol. The second-order valence-electron chi connectivity index (χ2n) is 12.2. The molecule has 1 atom stereocenters. The molecule has 0 radical (unpaired) electrons. The van der Waals surface area contributed by atoms with Crippen LogP contribution >= 0.6 is 0 Å². The SMILES string of the molecule is CC(C)(C)OC(=O)NCCOCCOCC1CCCN(CCNc2ccc(Cn3c(=O)[nH]c4c(N)nc(C(F)(F)F)cc43)cn2)C1. The average Bonchev–Trinajstić information content (AvgIpc) is 3.29. The predicted octanol–water partition coefficient (Wildman–Crippen LogP) is 3.45. The van der Waals surface area contributed by atoms with Crippen LogP contribution in [-0.4, -0.2) is 95.3 Å². The zero-order valence-corrected chi connectivity index (χ0v) is 26.4. The van der Waals surface area contributed by atoms with Gasteiger partial charge in [0.15, 0.2) is 0 Å². The van der Waals surface area contributed by atoms with Crippen molar-refractivity contribution >= 4 is 28.8 Å². The number of fused-ring (bicyclic) bond motifs is 1. The number of anilines is 2. The Labute approximate surface area is 265 Å². The summed E-state index contributed by atoms with van der Waals surface area (Å²) in [5.41, 5.74) is 4.12. The number of amides is 1. The highest BCUT2D eigenvalue weighted by Gasteiger charge is 2.34. The number of carbonyl (C=O) groups is 1. The summed E-state index contributed by atoms with van der Waals surface area (Å²) < 4.78 is 57.4. The number of hydrogen-bond donors (Lipinski definition) is 4. The largest absolute Gasteiger partial charge is 0.444 e. The third-order valence-electron chi connectivity index (χ3n) is 7.23. The number of rotatable bonds is 14. The second kappa shape index (κ2) is 15.6. The van der Waals surface area contributed by atoms with Gasteiger partial charge in [-0.05, 0) is 63.8 Å². The number of aromatic nitrogens is 4. The van der Waals surface area contributed by atoms with E-state index < -0.39 is 35.1 Å². The molecule has 4 heterocycles. The van der Waals surface area contributed by atoms with Crippen molar-refractivity contribution in [1.82, 2.24) is 29.7 Å². The normalized spacial score (nSPS) is 16.1. The number of nitrogens with two attached hydrogens (primary N) is 1. The molecular weight excluding hydrogens is 609 g/mol. The van der Waals surface area contributed by atoms with Crippen LogP contribution in [0, 0.1) is 5.92 Å². The number of aromatic amines is 1. The molecule has 5 N–H and O–H groups in total. The van der Waals surface area contributed by atoms with Gasteiger partial charge in [0.05, 0.1) is 38.5 Å². The molecule has 0 bridgehead atoms. The van der Waals surface area contributed by atoms with E-state index in [0.29, 0.717) is 56.8 Å². The highest BCUT2D eigenvalue weighted by atomic mass is 19.4. The molecule has 16 heteroatoms. The Kier molecular flexibility index (Phi) is 11.9. The highest BCUT2D eigenvalue weighted by Crippen LogP contribution is 2.31. The molecule has 0 aromatic carbocycles. The van der Waals surface area contributed by atoms with Gasteiger partial charge in [-0.25, -0.2) is 19.6 Å². The minimum Gasteiger partial charge on any atom is -0.444 e. The number of pyridine rings is 2. The minimum atomic E-state index is -4.70. The van der Waals surface area contributed by atoms with Crippen molar-refractivity contribution in [3.8, 4) is 0 Å².